The van der Waals surface area contributed by atoms with Gasteiger partial charge in [0.1, 0.15) is 5.69 Å². The predicted octanol–water partition coefficient (Wildman–Crippen LogP) is 2.06. The molecule has 2 heterocycles. The van der Waals surface area contributed by atoms with Crippen molar-refractivity contribution < 1.29 is 4.79 Å². The summed E-state index contributed by atoms with van der Waals surface area (Å²) in [4.78, 5) is 19.1. The molecule has 1 N–H and O–H groups in total. The minimum absolute atomic E-state index is 0.0455. The molecule has 0 spiro atoms. The molecule has 0 unspecified atom stereocenters. The Morgan fingerprint density at radius 1 is 1.30 bits per heavy atom. The van der Waals surface area contributed by atoms with Gasteiger partial charge in [0.25, 0.3) is 5.91 Å². The van der Waals surface area contributed by atoms with Crippen LogP contribution in [-0.4, -0.2) is 41.5 Å². The van der Waals surface area contributed by atoms with Crippen molar-refractivity contribution in [1.29, 1.82) is 0 Å². The zero-order valence-electron chi connectivity index (χ0n) is 11.7. The summed E-state index contributed by atoms with van der Waals surface area (Å²) < 4.78 is 0. The van der Waals surface area contributed by atoms with Crippen LogP contribution in [0, 0.1) is 0 Å². The topological polar surface area (TPSA) is 45.2 Å². The lowest BCUT2D eigenvalue weighted by molar-refractivity contribution is 0.0610. The molecule has 4 heteroatoms. The number of benzene rings is 1. The van der Waals surface area contributed by atoms with Gasteiger partial charge in [-0.15, -0.1) is 0 Å². The van der Waals surface area contributed by atoms with Crippen LogP contribution in [0.1, 0.15) is 23.8 Å². The molecule has 1 saturated heterocycles. The molecule has 20 heavy (non-hydrogen) atoms. The molecule has 2 aromatic rings. The van der Waals surface area contributed by atoms with Gasteiger partial charge in [-0.05, 0) is 18.6 Å². The number of nitrogens with zero attached hydrogens (tertiary/aromatic N) is 2. The van der Waals surface area contributed by atoms with Crippen LogP contribution in [0.25, 0.3) is 10.9 Å². The Morgan fingerprint density at radius 3 is 2.80 bits per heavy atom. The smallest absolute Gasteiger partial charge is 0.272 e. The molecule has 1 aliphatic rings. The number of amides is 1. The lowest BCUT2D eigenvalue weighted by atomic mass is 10.1. The van der Waals surface area contributed by atoms with Gasteiger partial charge in [-0.1, -0.05) is 31.2 Å². The van der Waals surface area contributed by atoms with Crippen molar-refractivity contribution in [3.63, 3.8) is 0 Å². The first-order valence-corrected chi connectivity index (χ1v) is 7.17. The van der Waals surface area contributed by atoms with E-state index in [4.69, 9.17) is 0 Å². The summed E-state index contributed by atoms with van der Waals surface area (Å²) in [5.41, 5.74) is 1.42. The van der Waals surface area contributed by atoms with Crippen LogP contribution in [0.2, 0.25) is 0 Å². The number of rotatable bonds is 4. The Balaban J connectivity index is 1.89. The molecule has 1 amide bonds. The van der Waals surface area contributed by atoms with E-state index in [2.05, 4.69) is 17.2 Å². The number of nitrogens with one attached hydrogen (secondary N) is 1. The molecule has 0 radical (unpaired) electrons. The summed E-state index contributed by atoms with van der Waals surface area (Å²) >= 11 is 0. The molecule has 1 aromatic carbocycles. The summed E-state index contributed by atoms with van der Waals surface area (Å²) in [6.07, 6.45) is 0.968. The lowest BCUT2D eigenvalue weighted by Gasteiger charge is -2.38. The molecule has 104 valence electrons. The lowest BCUT2D eigenvalue weighted by Crippen LogP contribution is -2.59. The zero-order chi connectivity index (χ0) is 13.9. The Hall–Kier alpha value is -1.94. The van der Waals surface area contributed by atoms with Gasteiger partial charge in [0, 0.05) is 25.0 Å². The van der Waals surface area contributed by atoms with E-state index in [-0.39, 0.29) is 5.91 Å². The molecule has 1 fully saturated rings. The average Bonchev–Trinajstić information content (AvgIpc) is 2.43. The highest BCUT2D eigenvalue weighted by atomic mass is 16.2. The molecular weight excluding hydrogens is 250 g/mol. The van der Waals surface area contributed by atoms with Crippen LogP contribution in [0.5, 0.6) is 0 Å². The Morgan fingerprint density at radius 2 is 2.10 bits per heavy atom. The third-order valence-corrected chi connectivity index (χ3v) is 3.74. The normalized spacial score (nSPS) is 15.1. The highest BCUT2D eigenvalue weighted by Gasteiger charge is 2.29. The number of pyridine rings is 1. The fourth-order valence-corrected chi connectivity index (χ4v) is 2.52. The maximum absolute atomic E-state index is 12.6. The first kappa shape index (κ1) is 13.1. The molecule has 1 aliphatic heterocycles. The van der Waals surface area contributed by atoms with Crippen molar-refractivity contribution in [1.82, 2.24) is 15.2 Å². The van der Waals surface area contributed by atoms with Gasteiger partial charge in [-0.2, -0.15) is 0 Å². The van der Waals surface area contributed by atoms with E-state index in [1.165, 1.54) is 0 Å². The van der Waals surface area contributed by atoms with Gasteiger partial charge < -0.3 is 10.2 Å². The fraction of sp³-hybridized carbons (Fsp3) is 0.375. The third-order valence-electron chi connectivity index (χ3n) is 3.74. The second kappa shape index (κ2) is 5.59. The number of para-hydroxylation sites is 1. The van der Waals surface area contributed by atoms with E-state index in [9.17, 15) is 4.79 Å². The van der Waals surface area contributed by atoms with Crippen LogP contribution >= 0.6 is 0 Å². The average molecular weight is 269 g/mol. The molecular formula is C16H19N3O. The van der Waals surface area contributed by atoms with Crippen LogP contribution in [0.4, 0.5) is 0 Å². The standard InChI is InChI=1S/C16H19N3O/c1-2-9-19(13-10-17-11-13)16(20)15-8-7-12-5-3-4-6-14(12)18-15/h3-8,13,17H,2,9-11H2,1H3. The van der Waals surface area contributed by atoms with Crippen molar-refractivity contribution in [3.05, 3.63) is 42.1 Å². The Labute approximate surface area is 118 Å². The molecule has 0 aliphatic carbocycles. The summed E-state index contributed by atoms with van der Waals surface area (Å²) in [6.45, 7) is 4.67. The fourth-order valence-electron chi connectivity index (χ4n) is 2.52. The van der Waals surface area contributed by atoms with Crippen molar-refractivity contribution in [2.75, 3.05) is 19.6 Å². The van der Waals surface area contributed by atoms with Crippen molar-refractivity contribution in [2.24, 2.45) is 0 Å². The number of aromatic nitrogens is 1. The number of hydrogen-bond acceptors (Lipinski definition) is 3. The Bertz CT molecular complexity index is 622. The van der Waals surface area contributed by atoms with Crippen molar-refractivity contribution in [2.45, 2.75) is 19.4 Å². The predicted molar refractivity (Wildman–Crippen MR) is 79.7 cm³/mol. The summed E-state index contributed by atoms with van der Waals surface area (Å²) in [5.74, 6) is 0.0455. The molecule has 4 nitrogen and oxygen atoms in total. The largest absolute Gasteiger partial charge is 0.332 e. The molecule has 0 bridgehead atoms. The minimum atomic E-state index is 0.0455. The van der Waals surface area contributed by atoms with Gasteiger partial charge in [0.15, 0.2) is 0 Å². The van der Waals surface area contributed by atoms with Crippen LogP contribution in [0.3, 0.4) is 0 Å². The molecule has 0 saturated carbocycles. The number of carbonyl (C=O) groups excluding carboxylic acids is 1. The highest BCUT2D eigenvalue weighted by molar-refractivity contribution is 5.95. The SMILES string of the molecule is CCCN(C(=O)c1ccc2ccccc2n1)C1CNC1. The molecule has 1 aromatic heterocycles. The van der Waals surface area contributed by atoms with E-state index >= 15 is 0 Å². The second-order valence-corrected chi connectivity index (χ2v) is 5.20. The number of fused-ring (bicyclic) bond motifs is 1. The van der Waals surface area contributed by atoms with Gasteiger partial charge >= 0.3 is 0 Å². The third kappa shape index (κ3) is 2.39. The monoisotopic (exact) mass is 269 g/mol. The van der Waals surface area contributed by atoms with Gasteiger partial charge in [-0.3, -0.25) is 4.79 Å². The van der Waals surface area contributed by atoms with E-state index in [1.807, 2.05) is 41.3 Å². The van der Waals surface area contributed by atoms with Gasteiger partial charge in [-0.25, -0.2) is 4.98 Å². The number of carbonyl (C=O) groups is 1. The van der Waals surface area contributed by atoms with Crippen LogP contribution in [-0.2, 0) is 0 Å². The summed E-state index contributed by atoms with van der Waals surface area (Å²) in [6, 6.07) is 12.0. The molecule has 0 atom stereocenters. The van der Waals surface area contributed by atoms with Crippen LogP contribution < -0.4 is 5.32 Å². The quantitative estimate of drug-likeness (QED) is 0.924. The maximum atomic E-state index is 12.6. The minimum Gasteiger partial charge on any atom is -0.332 e. The van der Waals surface area contributed by atoms with E-state index in [0.717, 1.165) is 37.0 Å². The van der Waals surface area contributed by atoms with E-state index in [1.54, 1.807) is 0 Å². The van der Waals surface area contributed by atoms with Crippen LogP contribution in [0.15, 0.2) is 36.4 Å². The Kier molecular flexibility index (Phi) is 3.65. The maximum Gasteiger partial charge on any atom is 0.272 e. The highest BCUT2D eigenvalue weighted by Crippen LogP contribution is 2.15. The molecule has 3 rings (SSSR count). The van der Waals surface area contributed by atoms with E-state index < -0.39 is 0 Å². The van der Waals surface area contributed by atoms with E-state index in [0.29, 0.717) is 11.7 Å². The van der Waals surface area contributed by atoms with Crippen molar-refractivity contribution >= 4 is 16.8 Å². The zero-order valence-corrected chi connectivity index (χ0v) is 11.7. The summed E-state index contributed by atoms with van der Waals surface area (Å²) in [7, 11) is 0. The van der Waals surface area contributed by atoms with Crippen molar-refractivity contribution in [3.8, 4) is 0 Å². The van der Waals surface area contributed by atoms with Gasteiger partial charge in [0.2, 0.25) is 0 Å². The summed E-state index contributed by atoms with van der Waals surface area (Å²) in [5, 5.41) is 4.29. The number of hydrogen-bond donors (Lipinski definition) is 1. The second-order valence-electron chi connectivity index (χ2n) is 5.20. The first-order chi connectivity index (χ1) is 9.79. The first-order valence-electron chi connectivity index (χ1n) is 7.17. The van der Waals surface area contributed by atoms with Gasteiger partial charge in [0.05, 0.1) is 11.6 Å².